The van der Waals surface area contributed by atoms with Gasteiger partial charge in [0.2, 0.25) is 0 Å². The van der Waals surface area contributed by atoms with Crippen molar-refractivity contribution in [3.8, 4) is 33.8 Å². The summed E-state index contributed by atoms with van der Waals surface area (Å²) in [5.74, 6) is -0.454. The molecular formula is C52H60O12. The Morgan fingerprint density at radius 3 is 1.06 bits per heavy atom. The first-order valence-electron chi connectivity index (χ1n) is 22.2. The van der Waals surface area contributed by atoms with E-state index in [0.29, 0.717) is 37.6 Å². The summed E-state index contributed by atoms with van der Waals surface area (Å²) in [5.41, 5.74) is 4.37. The van der Waals surface area contributed by atoms with Gasteiger partial charge in [-0.25, -0.2) is 19.2 Å². The fourth-order valence-electron chi connectivity index (χ4n) is 6.76. The predicted molar refractivity (Wildman–Crippen MR) is 243 cm³/mol. The van der Waals surface area contributed by atoms with Crippen LogP contribution in [0.15, 0.2) is 122 Å². The first-order chi connectivity index (χ1) is 31.3. The quantitative estimate of drug-likeness (QED) is 0.0232. The molecule has 0 unspecified atom stereocenters. The minimum Gasteiger partial charge on any atom is -0.494 e. The molecule has 0 bridgehead atoms. The van der Waals surface area contributed by atoms with Gasteiger partial charge in [-0.2, -0.15) is 0 Å². The Labute approximate surface area is 376 Å². The zero-order valence-electron chi connectivity index (χ0n) is 36.6. The summed E-state index contributed by atoms with van der Waals surface area (Å²) in [7, 11) is 0. The van der Waals surface area contributed by atoms with E-state index in [9.17, 15) is 19.2 Å². The zero-order valence-corrected chi connectivity index (χ0v) is 36.6. The van der Waals surface area contributed by atoms with Crippen molar-refractivity contribution >= 4 is 23.9 Å². The van der Waals surface area contributed by atoms with Gasteiger partial charge in [-0.05, 0) is 96.5 Å². The lowest BCUT2D eigenvalue weighted by Crippen LogP contribution is -2.44. The van der Waals surface area contributed by atoms with Crippen LogP contribution in [0.2, 0.25) is 0 Å². The van der Waals surface area contributed by atoms with E-state index < -0.39 is 24.5 Å². The number of hydrogen-bond donors (Lipinski definition) is 0. The first-order valence-corrected chi connectivity index (χ1v) is 22.2. The molecule has 0 aliphatic carbocycles. The van der Waals surface area contributed by atoms with Crippen molar-refractivity contribution in [2.24, 2.45) is 0 Å². The van der Waals surface area contributed by atoms with Crippen molar-refractivity contribution in [2.45, 2.75) is 89.6 Å². The molecule has 1 heterocycles. The van der Waals surface area contributed by atoms with Gasteiger partial charge < -0.3 is 37.9 Å². The molecule has 12 heteroatoms. The molecule has 0 N–H and O–H groups in total. The molecule has 12 nitrogen and oxygen atoms in total. The number of ether oxygens (including phenoxy) is 8. The van der Waals surface area contributed by atoms with Crippen LogP contribution in [-0.4, -0.2) is 76.1 Å². The van der Waals surface area contributed by atoms with Crippen LogP contribution >= 0.6 is 0 Å². The summed E-state index contributed by atoms with van der Waals surface area (Å²) in [5, 5.41) is 0. The Hall–Kier alpha value is -6.24. The number of unbranched alkanes of at least 4 members (excludes halogenated alkanes) is 10. The fraction of sp³-hybridized carbons (Fsp3) is 0.385. The van der Waals surface area contributed by atoms with E-state index in [1.54, 1.807) is 24.3 Å². The Morgan fingerprint density at radius 1 is 0.438 bits per heavy atom. The van der Waals surface area contributed by atoms with Crippen LogP contribution in [0.5, 0.6) is 11.5 Å². The maximum Gasteiger partial charge on any atom is 0.340 e. The summed E-state index contributed by atoms with van der Waals surface area (Å²) < 4.78 is 44.4. The van der Waals surface area contributed by atoms with Gasteiger partial charge in [0.1, 0.15) is 11.5 Å². The summed E-state index contributed by atoms with van der Waals surface area (Å²) in [4.78, 5) is 48.4. The Balaban J connectivity index is 0.987. The summed E-state index contributed by atoms with van der Waals surface area (Å²) in [6.45, 7) is 9.26. The average molecular weight is 877 g/mol. The van der Waals surface area contributed by atoms with E-state index in [2.05, 4.69) is 13.2 Å². The van der Waals surface area contributed by atoms with E-state index in [-0.39, 0.29) is 25.2 Å². The molecule has 0 saturated carbocycles. The standard InChI is InChI=1S/C52H60O12/c1-3-47(53)59-35-15-11-7-5-9-13-33-57-45-29-25-41(26-30-45)39-17-21-43(22-18-39)49(55)63-51-52(62-38-37-61-51)64-50(56)44-23-19-40(20-24-44)42-27-31-46(32-28-42)58-34-14-10-6-8-12-16-36-60-48(54)4-2/h3-4,17-32,51-52H,1-2,5-16,33-38H2/t51-,52-/m1/s1. The molecule has 0 aromatic heterocycles. The van der Waals surface area contributed by atoms with E-state index in [1.165, 1.54) is 12.2 Å². The van der Waals surface area contributed by atoms with Crippen LogP contribution in [0, 0.1) is 0 Å². The molecule has 0 amide bonds. The number of carbonyl (C=O) groups is 4. The smallest absolute Gasteiger partial charge is 0.340 e. The van der Waals surface area contributed by atoms with Crippen molar-refractivity contribution in [3.63, 3.8) is 0 Å². The van der Waals surface area contributed by atoms with Gasteiger partial charge in [0.25, 0.3) is 12.6 Å². The van der Waals surface area contributed by atoms with Crippen LogP contribution in [0.4, 0.5) is 0 Å². The monoisotopic (exact) mass is 876 g/mol. The zero-order chi connectivity index (χ0) is 45.2. The van der Waals surface area contributed by atoms with Gasteiger partial charge in [0.05, 0.1) is 50.8 Å². The second-order valence-electron chi connectivity index (χ2n) is 15.2. The molecule has 0 radical (unpaired) electrons. The molecule has 5 rings (SSSR count). The predicted octanol–water partition coefficient (Wildman–Crippen LogP) is 10.6. The molecule has 1 saturated heterocycles. The average Bonchev–Trinajstić information content (AvgIpc) is 3.33. The third-order valence-corrected chi connectivity index (χ3v) is 10.4. The molecule has 1 fully saturated rings. The van der Waals surface area contributed by atoms with Gasteiger partial charge >= 0.3 is 23.9 Å². The van der Waals surface area contributed by atoms with Crippen LogP contribution in [-0.2, 0) is 38.0 Å². The lowest BCUT2D eigenvalue weighted by Gasteiger charge is -2.30. The Morgan fingerprint density at radius 2 is 0.734 bits per heavy atom. The van der Waals surface area contributed by atoms with Crippen molar-refractivity contribution in [1.82, 2.24) is 0 Å². The Kier molecular flexibility index (Phi) is 21.1. The van der Waals surface area contributed by atoms with Gasteiger partial charge in [0, 0.05) is 12.2 Å². The molecule has 4 aromatic rings. The van der Waals surface area contributed by atoms with Crippen LogP contribution in [0.25, 0.3) is 22.3 Å². The highest BCUT2D eigenvalue weighted by Crippen LogP contribution is 2.26. The number of esters is 4. The van der Waals surface area contributed by atoms with Crippen molar-refractivity contribution < 1.29 is 57.1 Å². The van der Waals surface area contributed by atoms with Crippen molar-refractivity contribution in [1.29, 1.82) is 0 Å². The van der Waals surface area contributed by atoms with E-state index in [4.69, 9.17) is 37.9 Å². The summed E-state index contributed by atoms with van der Waals surface area (Å²) in [6, 6.07) is 29.6. The third-order valence-electron chi connectivity index (χ3n) is 10.4. The molecule has 2 atom stereocenters. The molecule has 340 valence electrons. The highest BCUT2D eigenvalue weighted by atomic mass is 16.8. The second-order valence-corrected chi connectivity index (χ2v) is 15.2. The maximum absolute atomic E-state index is 13.2. The Bertz CT molecular complexity index is 1890. The minimum absolute atomic E-state index is 0.167. The van der Waals surface area contributed by atoms with Crippen molar-refractivity contribution in [2.75, 3.05) is 39.6 Å². The molecule has 64 heavy (non-hydrogen) atoms. The SMILES string of the molecule is C=CC(=O)OCCCCCCCCOc1ccc(-c2ccc(C(=O)O[C@H]3OCCO[C@@H]3OC(=O)c3ccc(-c4ccc(OCCCCCCCCOC(=O)C=C)cc4)cc3)cc2)cc1. The van der Waals surface area contributed by atoms with Gasteiger partial charge in [-0.1, -0.05) is 113 Å². The highest BCUT2D eigenvalue weighted by Gasteiger charge is 2.34. The van der Waals surface area contributed by atoms with E-state index in [1.807, 2.05) is 72.8 Å². The second kappa shape index (κ2) is 27.7. The topological polar surface area (TPSA) is 142 Å². The highest BCUT2D eigenvalue weighted by molar-refractivity contribution is 5.91. The van der Waals surface area contributed by atoms with E-state index >= 15 is 0 Å². The third kappa shape index (κ3) is 17.1. The molecular weight excluding hydrogens is 817 g/mol. The van der Waals surface area contributed by atoms with Gasteiger partial charge in [0.15, 0.2) is 0 Å². The van der Waals surface area contributed by atoms with Crippen LogP contribution < -0.4 is 9.47 Å². The van der Waals surface area contributed by atoms with Gasteiger partial charge in [-0.3, -0.25) is 0 Å². The molecule has 4 aromatic carbocycles. The minimum atomic E-state index is -1.25. The molecule has 0 spiro atoms. The van der Waals surface area contributed by atoms with Crippen LogP contribution in [0.1, 0.15) is 97.8 Å². The maximum atomic E-state index is 13.2. The normalized spacial score (nSPS) is 14.4. The number of hydrogen-bond acceptors (Lipinski definition) is 12. The van der Waals surface area contributed by atoms with Crippen LogP contribution in [0.3, 0.4) is 0 Å². The summed E-state index contributed by atoms with van der Waals surface area (Å²) >= 11 is 0. The lowest BCUT2D eigenvalue weighted by atomic mass is 10.0. The largest absolute Gasteiger partial charge is 0.494 e. The lowest BCUT2D eigenvalue weighted by molar-refractivity contribution is -0.288. The first kappa shape index (κ1) is 48.8. The molecule has 1 aliphatic rings. The number of carbonyl (C=O) groups excluding carboxylic acids is 4. The molecule has 1 aliphatic heterocycles. The van der Waals surface area contributed by atoms with Gasteiger partial charge in [-0.15, -0.1) is 0 Å². The summed E-state index contributed by atoms with van der Waals surface area (Å²) in [6.07, 6.45) is 12.1. The number of rotatable bonds is 28. The van der Waals surface area contributed by atoms with E-state index in [0.717, 1.165) is 111 Å². The fourth-order valence-corrected chi connectivity index (χ4v) is 6.76. The number of benzene rings is 4. The van der Waals surface area contributed by atoms with Crippen molar-refractivity contribution in [3.05, 3.63) is 133 Å².